The molecular weight excluding hydrogens is 206 g/mol. The molecule has 86 valence electrons. The van der Waals surface area contributed by atoms with Gasteiger partial charge in [0.15, 0.2) is 0 Å². The van der Waals surface area contributed by atoms with Crippen LogP contribution < -0.4 is 5.32 Å². The van der Waals surface area contributed by atoms with Crippen LogP contribution in [-0.2, 0) is 11.3 Å². The second kappa shape index (κ2) is 6.99. The number of rotatable bonds is 7. The van der Waals surface area contributed by atoms with Gasteiger partial charge in [0.05, 0.1) is 0 Å². The number of methoxy groups -OCH3 is 1. The maximum atomic E-state index is 5.12. The van der Waals surface area contributed by atoms with Crippen LogP contribution in [0.5, 0.6) is 0 Å². The molecule has 0 bridgehead atoms. The fourth-order valence-electron chi connectivity index (χ4n) is 1.56. The minimum Gasteiger partial charge on any atom is -0.385 e. The van der Waals surface area contributed by atoms with Gasteiger partial charge in [-0.3, -0.25) is 0 Å². The molecule has 0 aliphatic heterocycles. The predicted octanol–water partition coefficient (Wildman–Crippen LogP) is 2.90. The number of hydrogen-bond acceptors (Lipinski definition) is 3. The molecule has 0 saturated heterocycles. The van der Waals surface area contributed by atoms with Crippen molar-refractivity contribution in [3.8, 4) is 0 Å². The van der Waals surface area contributed by atoms with E-state index >= 15 is 0 Å². The summed E-state index contributed by atoms with van der Waals surface area (Å²) in [6.45, 7) is 6.30. The first-order valence-corrected chi connectivity index (χ1v) is 6.41. The summed E-state index contributed by atoms with van der Waals surface area (Å²) in [5, 5.41) is 7.90. The topological polar surface area (TPSA) is 21.3 Å². The van der Waals surface area contributed by atoms with Gasteiger partial charge in [-0.1, -0.05) is 13.8 Å². The molecule has 1 unspecified atom stereocenters. The van der Waals surface area contributed by atoms with Gasteiger partial charge in [0.2, 0.25) is 0 Å². The molecular formula is C12H21NOS. The molecule has 1 aromatic heterocycles. The Bertz CT molecular complexity index is 246. The number of hydrogen-bond donors (Lipinski definition) is 1. The Morgan fingerprint density at radius 1 is 1.47 bits per heavy atom. The van der Waals surface area contributed by atoms with Crippen molar-refractivity contribution in [2.75, 3.05) is 13.7 Å². The Hall–Kier alpha value is -0.380. The highest BCUT2D eigenvalue weighted by atomic mass is 32.1. The van der Waals surface area contributed by atoms with E-state index < -0.39 is 0 Å². The lowest BCUT2D eigenvalue weighted by molar-refractivity contribution is 0.173. The van der Waals surface area contributed by atoms with Gasteiger partial charge in [0.25, 0.3) is 0 Å². The highest BCUT2D eigenvalue weighted by molar-refractivity contribution is 7.07. The van der Waals surface area contributed by atoms with Crippen LogP contribution in [0.2, 0.25) is 0 Å². The zero-order chi connectivity index (χ0) is 11.1. The summed E-state index contributed by atoms with van der Waals surface area (Å²) >= 11 is 1.75. The normalized spacial score (nSPS) is 13.3. The van der Waals surface area contributed by atoms with Crippen LogP contribution in [0.25, 0.3) is 0 Å². The highest BCUT2D eigenvalue weighted by Crippen LogP contribution is 2.10. The van der Waals surface area contributed by atoms with E-state index in [9.17, 15) is 0 Å². The summed E-state index contributed by atoms with van der Waals surface area (Å²) < 4.78 is 5.12. The van der Waals surface area contributed by atoms with E-state index in [1.165, 1.54) is 5.56 Å². The first-order valence-electron chi connectivity index (χ1n) is 5.47. The average molecular weight is 227 g/mol. The van der Waals surface area contributed by atoms with Crippen LogP contribution >= 0.6 is 11.3 Å². The van der Waals surface area contributed by atoms with Crippen molar-refractivity contribution < 1.29 is 4.74 Å². The summed E-state index contributed by atoms with van der Waals surface area (Å²) in [4.78, 5) is 0. The lowest BCUT2D eigenvalue weighted by Crippen LogP contribution is -2.34. The molecule has 1 atom stereocenters. The van der Waals surface area contributed by atoms with E-state index in [1.54, 1.807) is 18.4 Å². The summed E-state index contributed by atoms with van der Waals surface area (Å²) in [7, 11) is 1.76. The second-order valence-electron chi connectivity index (χ2n) is 4.14. The van der Waals surface area contributed by atoms with Crippen LogP contribution in [0.4, 0.5) is 0 Å². The van der Waals surface area contributed by atoms with Crippen molar-refractivity contribution in [2.24, 2.45) is 5.92 Å². The standard InChI is InChI=1S/C12H21NOS/c1-10(2)12(4-6-14-3)13-8-11-5-7-15-9-11/h5,7,9-10,12-13H,4,6,8H2,1-3H3. The van der Waals surface area contributed by atoms with E-state index in [1.807, 2.05) is 0 Å². The SMILES string of the molecule is COCCC(NCc1ccsc1)C(C)C. The van der Waals surface area contributed by atoms with Crippen LogP contribution in [-0.4, -0.2) is 19.8 Å². The summed E-state index contributed by atoms with van der Waals surface area (Å²) in [5.74, 6) is 0.652. The lowest BCUT2D eigenvalue weighted by atomic mass is 10.0. The molecule has 3 heteroatoms. The van der Waals surface area contributed by atoms with E-state index in [0.29, 0.717) is 12.0 Å². The fourth-order valence-corrected chi connectivity index (χ4v) is 2.23. The third-order valence-corrected chi connectivity index (χ3v) is 3.32. The van der Waals surface area contributed by atoms with Crippen LogP contribution in [0, 0.1) is 5.92 Å². The zero-order valence-electron chi connectivity index (χ0n) is 9.82. The quantitative estimate of drug-likeness (QED) is 0.773. The number of ether oxygens (including phenoxy) is 1. The van der Waals surface area contributed by atoms with Gasteiger partial charge in [-0.2, -0.15) is 11.3 Å². The van der Waals surface area contributed by atoms with Crippen LogP contribution in [0.1, 0.15) is 25.8 Å². The van der Waals surface area contributed by atoms with Gasteiger partial charge < -0.3 is 10.1 Å². The van der Waals surface area contributed by atoms with E-state index in [2.05, 4.69) is 36.0 Å². The molecule has 0 aromatic carbocycles. The van der Waals surface area contributed by atoms with E-state index in [-0.39, 0.29) is 0 Å². The van der Waals surface area contributed by atoms with Crippen LogP contribution in [0.3, 0.4) is 0 Å². The lowest BCUT2D eigenvalue weighted by Gasteiger charge is -2.21. The van der Waals surface area contributed by atoms with Gasteiger partial charge in [0, 0.05) is 26.3 Å². The van der Waals surface area contributed by atoms with Gasteiger partial charge in [-0.15, -0.1) is 0 Å². The summed E-state index contributed by atoms with van der Waals surface area (Å²) in [6.07, 6.45) is 1.08. The van der Waals surface area contributed by atoms with E-state index in [0.717, 1.165) is 19.6 Å². The third-order valence-electron chi connectivity index (χ3n) is 2.59. The molecule has 0 aliphatic rings. The minimum atomic E-state index is 0.546. The van der Waals surface area contributed by atoms with Crippen molar-refractivity contribution in [3.63, 3.8) is 0 Å². The molecule has 0 spiro atoms. The molecule has 1 heterocycles. The predicted molar refractivity (Wildman–Crippen MR) is 66.3 cm³/mol. The maximum absolute atomic E-state index is 5.12. The molecule has 0 amide bonds. The first kappa shape index (κ1) is 12.7. The summed E-state index contributed by atoms with van der Waals surface area (Å²) in [5.41, 5.74) is 1.38. The zero-order valence-corrected chi connectivity index (χ0v) is 10.6. The van der Waals surface area contributed by atoms with Gasteiger partial charge in [-0.25, -0.2) is 0 Å². The second-order valence-corrected chi connectivity index (χ2v) is 4.92. The van der Waals surface area contributed by atoms with Gasteiger partial charge in [-0.05, 0) is 34.7 Å². The Kier molecular flexibility index (Phi) is 5.91. The van der Waals surface area contributed by atoms with Crippen molar-refractivity contribution >= 4 is 11.3 Å². The van der Waals surface area contributed by atoms with Crippen LogP contribution in [0.15, 0.2) is 16.8 Å². The highest BCUT2D eigenvalue weighted by Gasteiger charge is 2.12. The number of thiophene rings is 1. The largest absolute Gasteiger partial charge is 0.385 e. The Morgan fingerprint density at radius 3 is 2.80 bits per heavy atom. The minimum absolute atomic E-state index is 0.546. The Labute approximate surface area is 96.7 Å². The van der Waals surface area contributed by atoms with E-state index in [4.69, 9.17) is 4.74 Å². The molecule has 0 fully saturated rings. The Morgan fingerprint density at radius 2 is 2.27 bits per heavy atom. The number of nitrogens with one attached hydrogen (secondary N) is 1. The smallest absolute Gasteiger partial charge is 0.0477 e. The fraction of sp³-hybridized carbons (Fsp3) is 0.667. The molecule has 1 N–H and O–H groups in total. The van der Waals surface area contributed by atoms with Crippen molar-refractivity contribution in [3.05, 3.63) is 22.4 Å². The van der Waals surface area contributed by atoms with Gasteiger partial charge in [0.1, 0.15) is 0 Å². The first-order chi connectivity index (χ1) is 7.24. The molecule has 0 aliphatic carbocycles. The third kappa shape index (κ3) is 4.78. The van der Waals surface area contributed by atoms with Gasteiger partial charge >= 0.3 is 0 Å². The Balaban J connectivity index is 2.31. The van der Waals surface area contributed by atoms with Crippen molar-refractivity contribution in [1.82, 2.24) is 5.32 Å². The molecule has 0 saturated carbocycles. The molecule has 15 heavy (non-hydrogen) atoms. The molecule has 0 radical (unpaired) electrons. The average Bonchev–Trinajstić information content (AvgIpc) is 2.70. The maximum Gasteiger partial charge on any atom is 0.0477 e. The van der Waals surface area contributed by atoms with Crippen molar-refractivity contribution in [1.29, 1.82) is 0 Å². The molecule has 1 rings (SSSR count). The molecule has 2 nitrogen and oxygen atoms in total. The summed E-state index contributed by atoms with van der Waals surface area (Å²) in [6, 6.07) is 2.72. The monoisotopic (exact) mass is 227 g/mol. The van der Waals surface area contributed by atoms with Crippen molar-refractivity contribution in [2.45, 2.75) is 32.9 Å². The molecule has 1 aromatic rings.